The first-order valence-electron chi connectivity index (χ1n) is 8.73. The van der Waals surface area contributed by atoms with E-state index in [1.54, 1.807) is 0 Å². The maximum absolute atomic E-state index is 12.8. The highest BCUT2D eigenvalue weighted by Gasteiger charge is 2.39. The normalized spacial score (nSPS) is 25.1. The van der Waals surface area contributed by atoms with Gasteiger partial charge < -0.3 is 10.6 Å². The van der Waals surface area contributed by atoms with Gasteiger partial charge in [0.25, 0.3) is 0 Å². The van der Waals surface area contributed by atoms with Gasteiger partial charge in [0.15, 0.2) is 0 Å². The van der Waals surface area contributed by atoms with Gasteiger partial charge in [0.05, 0.1) is 5.41 Å². The first kappa shape index (κ1) is 15.8. The molecule has 3 nitrogen and oxygen atoms in total. The van der Waals surface area contributed by atoms with Crippen LogP contribution in [0.5, 0.6) is 0 Å². The van der Waals surface area contributed by atoms with Crippen LogP contribution in [0.3, 0.4) is 0 Å². The molecule has 0 aromatic carbocycles. The fraction of sp³-hybridized carbons (Fsp3) is 0.941. The van der Waals surface area contributed by atoms with E-state index in [1.165, 1.54) is 32.1 Å². The second kappa shape index (κ2) is 7.44. The molecular formula is C17H32N2O. The van der Waals surface area contributed by atoms with Crippen LogP contribution in [0.4, 0.5) is 0 Å². The summed E-state index contributed by atoms with van der Waals surface area (Å²) in [5.41, 5.74) is -0.104. The van der Waals surface area contributed by atoms with Crippen LogP contribution in [0.2, 0.25) is 0 Å². The second-order valence-corrected chi connectivity index (χ2v) is 6.77. The van der Waals surface area contributed by atoms with Crippen LogP contribution in [0.25, 0.3) is 0 Å². The Morgan fingerprint density at radius 1 is 1.20 bits per heavy atom. The maximum Gasteiger partial charge on any atom is 0.226 e. The average molecular weight is 280 g/mol. The van der Waals surface area contributed by atoms with Crippen LogP contribution in [0.15, 0.2) is 0 Å². The van der Waals surface area contributed by atoms with Crippen LogP contribution in [0, 0.1) is 11.3 Å². The van der Waals surface area contributed by atoms with Crippen molar-refractivity contribution in [2.75, 3.05) is 13.1 Å². The number of nitrogens with one attached hydrogen (secondary N) is 2. The van der Waals surface area contributed by atoms with E-state index in [2.05, 4.69) is 24.5 Å². The molecule has 0 bridgehead atoms. The van der Waals surface area contributed by atoms with Gasteiger partial charge in [0.2, 0.25) is 5.91 Å². The topological polar surface area (TPSA) is 41.1 Å². The van der Waals surface area contributed by atoms with Gasteiger partial charge in [0.1, 0.15) is 0 Å². The lowest BCUT2D eigenvalue weighted by atomic mass is 9.75. The maximum atomic E-state index is 12.8. The van der Waals surface area contributed by atoms with Crippen LogP contribution in [0.1, 0.15) is 71.6 Å². The summed E-state index contributed by atoms with van der Waals surface area (Å²) in [6.45, 7) is 6.37. The zero-order valence-electron chi connectivity index (χ0n) is 13.3. The molecule has 1 aliphatic carbocycles. The second-order valence-electron chi connectivity index (χ2n) is 6.77. The smallest absolute Gasteiger partial charge is 0.226 e. The summed E-state index contributed by atoms with van der Waals surface area (Å²) < 4.78 is 0. The molecule has 2 aliphatic rings. The number of hydrogen-bond donors (Lipinski definition) is 2. The number of carbonyl (C=O) groups is 1. The van der Waals surface area contributed by atoms with E-state index in [9.17, 15) is 4.79 Å². The highest BCUT2D eigenvalue weighted by Crippen LogP contribution is 2.34. The van der Waals surface area contributed by atoms with Crippen LogP contribution < -0.4 is 10.6 Å². The van der Waals surface area contributed by atoms with Crippen molar-refractivity contribution in [1.29, 1.82) is 0 Å². The van der Waals surface area contributed by atoms with Crippen molar-refractivity contribution in [3.8, 4) is 0 Å². The van der Waals surface area contributed by atoms with E-state index in [1.807, 2.05) is 0 Å². The molecule has 0 radical (unpaired) electrons. The summed E-state index contributed by atoms with van der Waals surface area (Å²) in [5.74, 6) is 1.05. The summed E-state index contributed by atoms with van der Waals surface area (Å²) in [6.07, 6.45) is 10.7. The molecule has 116 valence electrons. The predicted octanol–water partition coefficient (Wildman–Crippen LogP) is 3.24. The predicted molar refractivity (Wildman–Crippen MR) is 83.6 cm³/mol. The van der Waals surface area contributed by atoms with Gasteiger partial charge >= 0.3 is 0 Å². The third-order valence-corrected chi connectivity index (χ3v) is 5.69. The van der Waals surface area contributed by atoms with E-state index in [0.29, 0.717) is 17.9 Å². The quantitative estimate of drug-likeness (QED) is 0.811. The molecule has 2 N–H and O–H groups in total. The summed E-state index contributed by atoms with van der Waals surface area (Å²) in [5, 5.41) is 6.81. The molecule has 1 unspecified atom stereocenters. The Hall–Kier alpha value is -0.570. The number of piperidine rings is 1. The number of hydrogen-bond acceptors (Lipinski definition) is 2. The minimum absolute atomic E-state index is 0.104. The van der Waals surface area contributed by atoms with Crippen molar-refractivity contribution >= 4 is 5.91 Å². The third-order valence-electron chi connectivity index (χ3n) is 5.69. The molecule has 2 fully saturated rings. The first-order chi connectivity index (χ1) is 9.72. The van der Waals surface area contributed by atoms with E-state index in [0.717, 1.165) is 38.8 Å². The third kappa shape index (κ3) is 3.55. The molecule has 20 heavy (non-hydrogen) atoms. The first-order valence-corrected chi connectivity index (χ1v) is 8.73. The molecule has 1 saturated carbocycles. The molecule has 1 heterocycles. The highest BCUT2D eigenvalue weighted by molar-refractivity contribution is 5.83. The van der Waals surface area contributed by atoms with Gasteiger partial charge in [-0.15, -0.1) is 0 Å². The summed E-state index contributed by atoms with van der Waals surface area (Å²) >= 11 is 0. The Labute approximate surface area is 124 Å². The average Bonchev–Trinajstić information content (AvgIpc) is 2.53. The van der Waals surface area contributed by atoms with Gasteiger partial charge in [-0.3, -0.25) is 4.79 Å². The van der Waals surface area contributed by atoms with Crippen molar-refractivity contribution in [1.82, 2.24) is 10.6 Å². The summed E-state index contributed by atoms with van der Waals surface area (Å²) in [4.78, 5) is 12.8. The lowest BCUT2D eigenvalue weighted by molar-refractivity contribution is -0.134. The number of amides is 1. The Balaban J connectivity index is 1.96. The van der Waals surface area contributed by atoms with Gasteiger partial charge in [-0.05, 0) is 57.5 Å². The van der Waals surface area contributed by atoms with Gasteiger partial charge in [0, 0.05) is 6.04 Å². The number of carbonyl (C=O) groups excluding carboxylic acids is 1. The monoisotopic (exact) mass is 280 g/mol. The van der Waals surface area contributed by atoms with Crippen molar-refractivity contribution in [2.24, 2.45) is 11.3 Å². The molecule has 3 heteroatoms. The summed E-state index contributed by atoms with van der Waals surface area (Å²) in [7, 11) is 0. The largest absolute Gasteiger partial charge is 0.353 e. The molecule has 0 aromatic rings. The van der Waals surface area contributed by atoms with Crippen molar-refractivity contribution < 1.29 is 4.79 Å². The minimum Gasteiger partial charge on any atom is -0.353 e. The fourth-order valence-electron chi connectivity index (χ4n) is 4.06. The Bertz CT molecular complexity index is 304. The van der Waals surface area contributed by atoms with Gasteiger partial charge in [-0.25, -0.2) is 0 Å². The van der Waals surface area contributed by atoms with E-state index < -0.39 is 0 Å². The SMILES string of the molecule is CCC(NC(=O)C1(CC)CCNCC1)C1CCCCC1. The zero-order valence-corrected chi connectivity index (χ0v) is 13.3. The van der Waals surface area contributed by atoms with Crippen LogP contribution in [-0.2, 0) is 4.79 Å². The lowest BCUT2D eigenvalue weighted by Gasteiger charge is -2.38. The van der Waals surface area contributed by atoms with Crippen molar-refractivity contribution in [3.05, 3.63) is 0 Å². The molecule has 1 saturated heterocycles. The Kier molecular flexibility index (Phi) is 5.88. The van der Waals surface area contributed by atoms with Crippen LogP contribution >= 0.6 is 0 Å². The van der Waals surface area contributed by atoms with Crippen molar-refractivity contribution in [3.63, 3.8) is 0 Å². The van der Waals surface area contributed by atoms with Crippen molar-refractivity contribution in [2.45, 2.75) is 77.7 Å². The Morgan fingerprint density at radius 3 is 2.40 bits per heavy atom. The highest BCUT2D eigenvalue weighted by atomic mass is 16.2. The molecule has 1 amide bonds. The molecule has 2 rings (SSSR count). The lowest BCUT2D eigenvalue weighted by Crippen LogP contribution is -2.51. The van der Waals surface area contributed by atoms with E-state index in [-0.39, 0.29) is 5.41 Å². The molecule has 0 aromatic heterocycles. The van der Waals surface area contributed by atoms with Crippen LogP contribution in [-0.4, -0.2) is 25.0 Å². The molecule has 0 spiro atoms. The standard InChI is InChI=1S/C17H32N2O/c1-3-15(14-8-6-5-7-9-14)19-16(20)17(4-2)10-12-18-13-11-17/h14-15,18H,3-13H2,1-2H3,(H,19,20). The fourth-order valence-corrected chi connectivity index (χ4v) is 4.06. The Morgan fingerprint density at radius 2 is 1.85 bits per heavy atom. The summed E-state index contributed by atoms with van der Waals surface area (Å²) in [6, 6.07) is 0.404. The minimum atomic E-state index is -0.104. The van der Waals surface area contributed by atoms with Gasteiger partial charge in [-0.2, -0.15) is 0 Å². The molecule has 1 aliphatic heterocycles. The van der Waals surface area contributed by atoms with E-state index >= 15 is 0 Å². The molecular weight excluding hydrogens is 248 g/mol. The zero-order chi connectivity index (χ0) is 14.4. The van der Waals surface area contributed by atoms with Gasteiger partial charge in [-0.1, -0.05) is 33.1 Å². The van der Waals surface area contributed by atoms with E-state index in [4.69, 9.17) is 0 Å². The molecule has 1 atom stereocenters. The number of rotatable bonds is 5.